The van der Waals surface area contributed by atoms with Crippen molar-refractivity contribution in [1.82, 2.24) is 10.2 Å². The highest BCUT2D eigenvalue weighted by molar-refractivity contribution is 6.43. The van der Waals surface area contributed by atoms with E-state index in [4.69, 9.17) is 23.2 Å². The molecule has 4 nitrogen and oxygen atoms in total. The van der Waals surface area contributed by atoms with E-state index in [1.807, 2.05) is 7.05 Å². The molecule has 1 aliphatic heterocycles. The molecule has 104 valence electrons. The van der Waals surface area contributed by atoms with Crippen LogP contribution < -0.4 is 10.6 Å². The fraction of sp³-hybridized carbons (Fsp3) is 0.462. The van der Waals surface area contributed by atoms with Crippen molar-refractivity contribution < 1.29 is 4.79 Å². The quantitative estimate of drug-likeness (QED) is 0.896. The SMILES string of the molecule is CNC1CCN(CC(=O)Nc2cccc(Cl)c2Cl)C1. The van der Waals surface area contributed by atoms with E-state index in [1.54, 1.807) is 18.2 Å². The molecule has 6 heteroatoms. The molecule has 1 aromatic carbocycles. The Hall–Kier alpha value is -0.810. The van der Waals surface area contributed by atoms with Gasteiger partial charge in [0.15, 0.2) is 0 Å². The number of hydrogen-bond acceptors (Lipinski definition) is 3. The van der Waals surface area contributed by atoms with Gasteiger partial charge in [-0.2, -0.15) is 0 Å². The molecular weight excluding hydrogens is 285 g/mol. The van der Waals surface area contributed by atoms with Crippen molar-refractivity contribution in [2.75, 3.05) is 32.0 Å². The molecule has 1 aromatic rings. The van der Waals surface area contributed by atoms with Crippen LogP contribution in [0.2, 0.25) is 10.0 Å². The molecule has 0 aromatic heterocycles. The topological polar surface area (TPSA) is 44.4 Å². The van der Waals surface area contributed by atoms with Gasteiger partial charge in [-0.15, -0.1) is 0 Å². The highest BCUT2D eigenvalue weighted by Gasteiger charge is 2.22. The number of carbonyl (C=O) groups is 1. The van der Waals surface area contributed by atoms with Crippen molar-refractivity contribution in [2.24, 2.45) is 0 Å². The fourth-order valence-electron chi connectivity index (χ4n) is 2.21. The fourth-order valence-corrected chi connectivity index (χ4v) is 2.55. The Bertz CT molecular complexity index is 467. The van der Waals surface area contributed by atoms with E-state index >= 15 is 0 Å². The van der Waals surface area contributed by atoms with Gasteiger partial charge in [-0.1, -0.05) is 29.3 Å². The average molecular weight is 302 g/mol. The number of likely N-dealkylation sites (N-methyl/N-ethyl adjacent to an activating group) is 1. The summed E-state index contributed by atoms with van der Waals surface area (Å²) in [5.41, 5.74) is 0.559. The molecule has 1 unspecified atom stereocenters. The van der Waals surface area contributed by atoms with E-state index < -0.39 is 0 Å². The van der Waals surface area contributed by atoms with Crippen molar-refractivity contribution in [3.8, 4) is 0 Å². The molecule has 0 aliphatic carbocycles. The zero-order valence-corrected chi connectivity index (χ0v) is 12.3. The molecule has 0 bridgehead atoms. The molecule has 0 radical (unpaired) electrons. The second-order valence-electron chi connectivity index (χ2n) is 4.66. The van der Waals surface area contributed by atoms with Gasteiger partial charge < -0.3 is 10.6 Å². The molecule has 19 heavy (non-hydrogen) atoms. The first-order valence-corrected chi connectivity index (χ1v) is 6.99. The van der Waals surface area contributed by atoms with Gasteiger partial charge in [-0.05, 0) is 25.6 Å². The summed E-state index contributed by atoms with van der Waals surface area (Å²) in [7, 11) is 1.94. The van der Waals surface area contributed by atoms with Gasteiger partial charge in [0.1, 0.15) is 0 Å². The Labute approximate surface area is 123 Å². The molecule has 0 saturated carbocycles. The predicted molar refractivity (Wildman–Crippen MR) is 79.0 cm³/mol. The lowest BCUT2D eigenvalue weighted by molar-refractivity contribution is -0.117. The smallest absolute Gasteiger partial charge is 0.238 e. The minimum absolute atomic E-state index is 0.0686. The predicted octanol–water partition coefficient (Wildman–Crippen LogP) is 2.23. The van der Waals surface area contributed by atoms with Crippen LogP contribution in [0, 0.1) is 0 Å². The van der Waals surface area contributed by atoms with E-state index in [1.165, 1.54) is 0 Å². The number of hydrogen-bond donors (Lipinski definition) is 2. The minimum atomic E-state index is -0.0686. The van der Waals surface area contributed by atoms with Gasteiger partial charge >= 0.3 is 0 Å². The van der Waals surface area contributed by atoms with Crippen LogP contribution in [0.3, 0.4) is 0 Å². The summed E-state index contributed by atoms with van der Waals surface area (Å²) in [6, 6.07) is 5.67. The third kappa shape index (κ3) is 3.83. The van der Waals surface area contributed by atoms with Crippen molar-refractivity contribution in [3.63, 3.8) is 0 Å². The van der Waals surface area contributed by atoms with Crippen LogP contribution in [0.4, 0.5) is 5.69 Å². The van der Waals surface area contributed by atoms with E-state index in [0.29, 0.717) is 28.3 Å². The maximum Gasteiger partial charge on any atom is 0.238 e. The Morgan fingerprint density at radius 3 is 2.95 bits per heavy atom. The number of halogens is 2. The van der Waals surface area contributed by atoms with Crippen LogP contribution in [-0.4, -0.2) is 43.5 Å². The van der Waals surface area contributed by atoms with E-state index in [9.17, 15) is 4.79 Å². The Balaban J connectivity index is 1.89. The van der Waals surface area contributed by atoms with E-state index in [-0.39, 0.29) is 5.91 Å². The second-order valence-corrected chi connectivity index (χ2v) is 5.44. The van der Waals surface area contributed by atoms with Gasteiger partial charge in [0.05, 0.1) is 22.3 Å². The lowest BCUT2D eigenvalue weighted by atomic mass is 10.3. The highest BCUT2D eigenvalue weighted by Crippen LogP contribution is 2.29. The standard InChI is InChI=1S/C13H17Cl2N3O/c1-16-9-5-6-18(7-9)8-12(19)17-11-4-2-3-10(14)13(11)15/h2-4,9,16H,5-8H2,1H3,(H,17,19). The first-order valence-electron chi connectivity index (χ1n) is 6.23. The Kier molecular flexibility index (Phi) is 5.05. The van der Waals surface area contributed by atoms with Crippen LogP contribution in [0.25, 0.3) is 0 Å². The molecule has 1 atom stereocenters. The van der Waals surface area contributed by atoms with Crippen LogP contribution in [-0.2, 0) is 4.79 Å². The van der Waals surface area contributed by atoms with E-state index in [0.717, 1.165) is 19.5 Å². The van der Waals surface area contributed by atoms with Crippen molar-refractivity contribution in [3.05, 3.63) is 28.2 Å². The molecule has 1 amide bonds. The number of nitrogens with one attached hydrogen (secondary N) is 2. The molecule has 1 fully saturated rings. The third-order valence-electron chi connectivity index (χ3n) is 3.27. The zero-order valence-electron chi connectivity index (χ0n) is 10.7. The van der Waals surface area contributed by atoms with Crippen LogP contribution in [0.15, 0.2) is 18.2 Å². The molecule has 2 N–H and O–H groups in total. The summed E-state index contributed by atoms with van der Waals surface area (Å²) < 4.78 is 0. The first-order chi connectivity index (χ1) is 9.10. The van der Waals surface area contributed by atoms with Gasteiger partial charge in [-0.25, -0.2) is 0 Å². The number of nitrogens with zero attached hydrogens (tertiary/aromatic N) is 1. The monoisotopic (exact) mass is 301 g/mol. The Morgan fingerprint density at radius 2 is 2.26 bits per heavy atom. The lowest BCUT2D eigenvalue weighted by Crippen LogP contribution is -2.34. The van der Waals surface area contributed by atoms with Crippen molar-refractivity contribution in [2.45, 2.75) is 12.5 Å². The van der Waals surface area contributed by atoms with Crippen LogP contribution in [0.5, 0.6) is 0 Å². The molecular formula is C13H17Cl2N3O. The lowest BCUT2D eigenvalue weighted by Gasteiger charge is -2.16. The molecule has 0 spiro atoms. The number of benzene rings is 1. The first kappa shape index (κ1) is 14.6. The summed E-state index contributed by atoms with van der Waals surface area (Å²) in [4.78, 5) is 14.1. The number of likely N-dealkylation sites (tertiary alicyclic amines) is 1. The van der Waals surface area contributed by atoms with Crippen molar-refractivity contribution >= 4 is 34.8 Å². The van der Waals surface area contributed by atoms with E-state index in [2.05, 4.69) is 15.5 Å². The summed E-state index contributed by atoms with van der Waals surface area (Å²) >= 11 is 11.9. The normalized spacial score (nSPS) is 19.6. The van der Waals surface area contributed by atoms with Crippen LogP contribution in [0.1, 0.15) is 6.42 Å². The summed E-state index contributed by atoms with van der Waals surface area (Å²) in [6.45, 7) is 2.20. The average Bonchev–Trinajstić information content (AvgIpc) is 2.82. The van der Waals surface area contributed by atoms with Gasteiger partial charge in [0, 0.05) is 19.1 Å². The third-order valence-corrected chi connectivity index (χ3v) is 4.09. The molecule has 2 rings (SSSR count). The van der Waals surface area contributed by atoms with Gasteiger partial charge in [0.2, 0.25) is 5.91 Å². The largest absolute Gasteiger partial charge is 0.324 e. The maximum absolute atomic E-state index is 12.0. The number of anilines is 1. The molecule has 1 aliphatic rings. The second kappa shape index (κ2) is 6.57. The minimum Gasteiger partial charge on any atom is -0.324 e. The highest BCUT2D eigenvalue weighted by atomic mass is 35.5. The number of carbonyl (C=O) groups excluding carboxylic acids is 1. The van der Waals surface area contributed by atoms with Gasteiger partial charge in [0.25, 0.3) is 0 Å². The number of amides is 1. The summed E-state index contributed by atoms with van der Waals surface area (Å²) in [5.74, 6) is -0.0686. The van der Waals surface area contributed by atoms with Gasteiger partial charge in [-0.3, -0.25) is 9.69 Å². The maximum atomic E-state index is 12.0. The summed E-state index contributed by atoms with van der Waals surface area (Å²) in [5, 5.41) is 6.84. The van der Waals surface area contributed by atoms with Crippen LogP contribution >= 0.6 is 23.2 Å². The molecule has 1 heterocycles. The molecule has 1 saturated heterocycles. The zero-order chi connectivity index (χ0) is 13.8. The Morgan fingerprint density at radius 1 is 1.47 bits per heavy atom. The summed E-state index contributed by atoms with van der Waals surface area (Å²) in [6.07, 6.45) is 1.07. The van der Waals surface area contributed by atoms with Crippen molar-refractivity contribution in [1.29, 1.82) is 0 Å². The number of rotatable bonds is 4.